The molecular formula is C39H58N4O2. The summed E-state index contributed by atoms with van der Waals surface area (Å²) in [5, 5.41) is 19.1. The lowest BCUT2D eigenvalue weighted by Gasteiger charge is -2.40. The van der Waals surface area contributed by atoms with Crippen molar-refractivity contribution in [2.24, 2.45) is 52.8 Å². The first-order valence-corrected chi connectivity index (χ1v) is 19.7. The second kappa shape index (κ2) is 11.8. The monoisotopic (exact) mass is 614 g/mol. The van der Waals surface area contributed by atoms with Crippen LogP contribution in [-0.4, -0.2) is 20.4 Å². The summed E-state index contributed by atoms with van der Waals surface area (Å²) in [4.78, 5) is 0. The van der Waals surface area contributed by atoms with E-state index in [1.165, 1.54) is 128 Å². The first-order chi connectivity index (χ1) is 22.0. The van der Waals surface area contributed by atoms with E-state index in [0.717, 1.165) is 70.9 Å². The van der Waals surface area contributed by atoms with Gasteiger partial charge in [-0.1, -0.05) is 78.1 Å². The molecule has 9 rings (SSSR count). The Labute approximate surface area is 271 Å². The fourth-order valence-electron chi connectivity index (χ4n) is 13.5. The number of aromatic nitrogens is 4. The molecule has 2 aromatic rings. The van der Waals surface area contributed by atoms with Gasteiger partial charge in [-0.3, -0.25) is 0 Å². The number of hydrogen-bond donors (Lipinski definition) is 0. The Morgan fingerprint density at radius 1 is 0.444 bits per heavy atom. The maximum absolute atomic E-state index is 6.66. The molecule has 246 valence electrons. The molecule has 6 heteroatoms. The summed E-state index contributed by atoms with van der Waals surface area (Å²) in [6.07, 6.45) is 26.7. The Morgan fingerprint density at radius 2 is 0.867 bits per heavy atom. The van der Waals surface area contributed by atoms with Crippen LogP contribution in [0.5, 0.6) is 0 Å². The molecule has 6 nitrogen and oxygen atoms in total. The van der Waals surface area contributed by atoms with Crippen molar-refractivity contribution in [2.75, 3.05) is 0 Å². The fourth-order valence-corrected chi connectivity index (χ4v) is 13.5. The summed E-state index contributed by atoms with van der Waals surface area (Å²) in [5.41, 5.74) is 0.315. The van der Waals surface area contributed by atoms with Crippen molar-refractivity contribution in [2.45, 2.75) is 166 Å². The molecule has 0 N–H and O–H groups in total. The standard InChI is InChI=1S/C39H58N4O2/c1-39(2)33-21-25(35-40-42-37(44-35)31-15-7-11-23-9-3-5-13-27(23)31)17-19-29(33)30-20-18-26(22-34(30)39)36-41-43-38(45-36)32-16-8-12-24-10-4-6-14-28(24)32/h23-34H,3-22H2,1-2H3. The molecule has 0 spiro atoms. The molecule has 0 radical (unpaired) electrons. The normalized spacial score (nSPS) is 44.4. The fraction of sp³-hybridized carbons (Fsp3) is 0.897. The minimum absolute atomic E-state index is 0.315. The number of rotatable bonds is 4. The molecule has 0 saturated heterocycles. The van der Waals surface area contributed by atoms with Crippen LogP contribution in [0.1, 0.15) is 189 Å². The van der Waals surface area contributed by atoms with Crippen molar-refractivity contribution >= 4 is 0 Å². The Hall–Kier alpha value is -1.72. The highest BCUT2D eigenvalue weighted by Gasteiger charge is 2.58. The van der Waals surface area contributed by atoms with Crippen LogP contribution in [0.25, 0.3) is 0 Å². The smallest absolute Gasteiger partial charge is 0.219 e. The van der Waals surface area contributed by atoms with E-state index in [1.807, 2.05) is 0 Å². The number of nitrogens with zero attached hydrogens (tertiary/aromatic N) is 4. The molecule has 7 aliphatic carbocycles. The molecule has 7 aliphatic rings. The van der Waals surface area contributed by atoms with Gasteiger partial charge in [-0.15, -0.1) is 20.4 Å². The van der Waals surface area contributed by atoms with E-state index in [1.54, 1.807) is 0 Å². The lowest BCUT2D eigenvalue weighted by atomic mass is 9.65. The average molecular weight is 615 g/mol. The van der Waals surface area contributed by atoms with Gasteiger partial charge in [0.2, 0.25) is 23.6 Å². The molecule has 45 heavy (non-hydrogen) atoms. The van der Waals surface area contributed by atoms with Crippen LogP contribution in [0.4, 0.5) is 0 Å². The summed E-state index contributed by atoms with van der Waals surface area (Å²) in [7, 11) is 0. The molecule has 2 aromatic heterocycles. The Morgan fingerprint density at radius 3 is 1.36 bits per heavy atom. The minimum Gasteiger partial charge on any atom is -0.425 e. The van der Waals surface area contributed by atoms with Gasteiger partial charge in [0.15, 0.2) is 0 Å². The van der Waals surface area contributed by atoms with Crippen molar-refractivity contribution in [3.8, 4) is 0 Å². The second-order valence-electron chi connectivity index (χ2n) is 17.8. The molecule has 12 atom stereocenters. The first kappa shape index (κ1) is 29.4. The predicted molar refractivity (Wildman–Crippen MR) is 174 cm³/mol. The summed E-state index contributed by atoms with van der Waals surface area (Å²) in [5.74, 6) is 12.3. The van der Waals surface area contributed by atoms with Gasteiger partial charge in [-0.05, 0) is 117 Å². The third-order valence-electron chi connectivity index (χ3n) is 15.7. The molecule has 2 heterocycles. The minimum atomic E-state index is 0.315. The largest absolute Gasteiger partial charge is 0.425 e. The summed E-state index contributed by atoms with van der Waals surface area (Å²) >= 11 is 0. The number of fused-ring (bicyclic) bond motifs is 5. The van der Waals surface area contributed by atoms with Crippen LogP contribution in [0.15, 0.2) is 8.83 Å². The van der Waals surface area contributed by atoms with E-state index < -0.39 is 0 Å². The summed E-state index contributed by atoms with van der Waals surface area (Å²) in [6.45, 7) is 5.18. The third-order valence-corrected chi connectivity index (χ3v) is 15.7. The van der Waals surface area contributed by atoms with E-state index in [-0.39, 0.29) is 0 Å². The predicted octanol–water partition coefficient (Wildman–Crippen LogP) is 10.3. The van der Waals surface area contributed by atoms with Crippen LogP contribution < -0.4 is 0 Å². The van der Waals surface area contributed by atoms with Crippen molar-refractivity contribution in [3.05, 3.63) is 23.6 Å². The maximum atomic E-state index is 6.66. The highest BCUT2D eigenvalue weighted by molar-refractivity contribution is 5.12. The van der Waals surface area contributed by atoms with Gasteiger partial charge in [0.25, 0.3) is 0 Å². The molecule has 7 saturated carbocycles. The molecule has 0 bridgehead atoms. The highest BCUT2D eigenvalue weighted by atomic mass is 16.4. The molecule has 0 aromatic carbocycles. The zero-order valence-electron chi connectivity index (χ0n) is 28.2. The SMILES string of the molecule is CC1(C)C2CC(c3nnc(C4CCCC5CCCCC54)o3)CCC2C2CCC(c3nnc(C4CCCC5CCCCC54)o3)CC21. The molecule has 0 amide bonds. The zero-order chi connectivity index (χ0) is 30.1. The zero-order valence-corrected chi connectivity index (χ0v) is 28.2. The van der Waals surface area contributed by atoms with Gasteiger partial charge in [0.1, 0.15) is 0 Å². The van der Waals surface area contributed by atoms with Gasteiger partial charge in [0.05, 0.1) is 0 Å². The van der Waals surface area contributed by atoms with Crippen LogP contribution >= 0.6 is 0 Å². The lowest BCUT2D eigenvalue weighted by Crippen LogP contribution is -2.32. The maximum Gasteiger partial charge on any atom is 0.219 e. The molecular weight excluding hydrogens is 556 g/mol. The quantitative estimate of drug-likeness (QED) is 0.341. The van der Waals surface area contributed by atoms with Crippen LogP contribution in [-0.2, 0) is 0 Å². The third kappa shape index (κ3) is 5.07. The Balaban J connectivity index is 0.881. The Kier molecular flexibility index (Phi) is 7.69. The van der Waals surface area contributed by atoms with Gasteiger partial charge in [0, 0.05) is 23.7 Å². The van der Waals surface area contributed by atoms with Crippen LogP contribution in [0.3, 0.4) is 0 Å². The Bertz CT molecular complexity index is 1230. The van der Waals surface area contributed by atoms with Crippen LogP contribution in [0, 0.1) is 52.8 Å². The van der Waals surface area contributed by atoms with E-state index in [2.05, 4.69) is 13.8 Å². The van der Waals surface area contributed by atoms with Crippen molar-refractivity contribution < 1.29 is 8.83 Å². The molecule has 0 aliphatic heterocycles. The average Bonchev–Trinajstić information content (AvgIpc) is 3.82. The van der Waals surface area contributed by atoms with Gasteiger partial charge in [-0.25, -0.2) is 0 Å². The van der Waals surface area contributed by atoms with Crippen molar-refractivity contribution in [1.29, 1.82) is 0 Å². The van der Waals surface area contributed by atoms with Gasteiger partial charge in [-0.2, -0.15) is 0 Å². The van der Waals surface area contributed by atoms with E-state index in [4.69, 9.17) is 29.2 Å². The van der Waals surface area contributed by atoms with Gasteiger partial charge >= 0.3 is 0 Å². The van der Waals surface area contributed by atoms with E-state index in [0.29, 0.717) is 29.1 Å². The molecule has 7 fully saturated rings. The van der Waals surface area contributed by atoms with E-state index >= 15 is 0 Å². The van der Waals surface area contributed by atoms with Crippen molar-refractivity contribution in [1.82, 2.24) is 20.4 Å². The summed E-state index contributed by atoms with van der Waals surface area (Å²) in [6, 6.07) is 0. The molecule has 12 unspecified atom stereocenters. The number of hydrogen-bond acceptors (Lipinski definition) is 6. The highest BCUT2D eigenvalue weighted by Crippen LogP contribution is 2.66. The lowest BCUT2D eigenvalue weighted by molar-refractivity contribution is 0.102. The van der Waals surface area contributed by atoms with E-state index in [9.17, 15) is 0 Å². The van der Waals surface area contributed by atoms with Crippen LogP contribution in [0.2, 0.25) is 0 Å². The topological polar surface area (TPSA) is 77.8 Å². The van der Waals surface area contributed by atoms with Crippen molar-refractivity contribution in [3.63, 3.8) is 0 Å². The summed E-state index contributed by atoms with van der Waals surface area (Å²) < 4.78 is 13.3. The van der Waals surface area contributed by atoms with Gasteiger partial charge < -0.3 is 8.83 Å². The second-order valence-corrected chi connectivity index (χ2v) is 17.8. The first-order valence-electron chi connectivity index (χ1n) is 19.7.